The van der Waals surface area contributed by atoms with E-state index in [0.717, 1.165) is 5.56 Å². The smallest absolute Gasteiger partial charge is 0.333 e. The maximum Gasteiger partial charge on any atom is 0.333 e. The average molecular weight is 457 g/mol. The highest BCUT2D eigenvalue weighted by Crippen LogP contribution is 2.46. The molecule has 1 aliphatic heterocycles. The van der Waals surface area contributed by atoms with Gasteiger partial charge in [-0.15, -0.1) is 11.3 Å². The summed E-state index contributed by atoms with van der Waals surface area (Å²) in [5.41, 5.74) is -0.725. The Kier molecular flexibility index (Phi) is 6.29. The van der Waals surface area contributed by atoms with Crippen molar-refractivity contribution in [1.29, 1.82) is 0 Å². The number of thiazole rings is 1. The number of nitrogens with zero attached hydrogens (tertiary/aromatic N) is 2. The molecule has 2 atom stereocenters. The molecule has 0 bridgehead atoms. The normalized spacial score (nSPS) is 21.0. The number of carboxylic acids is 2. The number of hydrogen-bond acceptors (Lipinski definition) is 5. The third-order valence-corrected chi connectivity index (χ3v) is 6.44. The van der Waals surface area contributed by atoms with Gasteiger partial charge in [-0.2, -0.15) is 0 Å². The number of aromatic nitrogens is 1. The zero-order valence-electron chi connectivity index (χ0n) is 18.8. The molecule has 0 saturated carbocycles. The summed E-state index contributed by atoms with van der Waals surface area (Å²) in [6.07, 6.45) is 2.82. The lowest BCUT2D eigenvalue weighted by Gasteiger charge is -2.38. The lowest BCUT2D eigenvalue weighted by molar-refractivity contribution is -0.148. The van der Waals surface area contributed by atoms with Gasteiger partial charge in [-0.05, 0) is 41.5 Å². The molecule has 2 aromatic rings. The third-order valence-electron chi connectivity index (χ3n) is 5.62. The number of amides is 1. The van der Waals surface area contributed by atoms with E-state index >= 15 is 0 Å². The molecule has 1 aromatic heterocycles. The number of carbonyl (C=O) groups excluding carboxylic acids is 1. The van der Waals surface area contributed by atoms with Crippen LogP contribution in [0.3, 0.4) is 0 Å². The Morgan fingerprint density at radius 3 is 2.22 bits per heavy atom. The Hall–Kier alpha value is -3.00. The molecular weight excluding hydrogens is 428 g/mol. The van der Waals surface area contributed by atoms with Crippen molar-refractivity contribution < 1.29 is 24.6 Å². The molecule has 1 amide bonds. The number of carboxylic acid groups (broad SMARTS) is 2. The Morgan fingerprint density at radius 2 is 1.78 bits per heavy atom. The summed E-state index contributed by atoms with van der Waals surface area (Å²) in [6, 6.07) is 5.94. The highest BCUT2D eigenvalue weighted by Gasteiger charge is 2.56. The van der Waals surface area contributed by atoms with Gasteiger partial charge in [0.2, 0.25) is 0 Å². The molecule has 8 heteroatoms. The van der Waals surface area contributed by atoms with Crippen LogP contribution in [0.4, 0.5) is 0 Å². The Balaban J connectivity index is 2.19. The molecule has 7 nitrogen and oxygen atoms in total. The zero-order chi connectivity index (χ0) is 23.8. The summed E-state index contributed by atoms with van der Waals surface area (Å²) in [6.45, 7) is 9.87. The molecule has 0 radical (unpaired) electrons. The van der Waals surface area contributed by atoms with Gasteiger partial charge >= 0.3 is 11.9 Å². The van der Waals surface area contributed by atoms with Gasteiger partial charge in [-0.1, -0.05) is 46.8 Å². The van der Waals surface area contributed by atoms with Crippen LogP contribution in [-0.4, -0.2) is 43.5 Å². The fourth-order valence-electron chi connectivity index (χ4n) is 4.15. The van der Waals surface area contributed by atoms with E-state index in [0.29, 0.717) is 10.6 Å². The summed E-state index contributed by atoms with van der Waals surface area (Å²) < 4.78 is 0. The second-order valence-corrected chi connectivity index (χ2v) is 10.4. The monoisotopic (exact) mass is 456 g/mol. The summed E-state index contributed by atoms with van der Waals surface area (Å²) in [7, 11) is 0. The number of carbonyl (C=O) groups is 3. The quantitative estimate of drug-likeness (QED) is 0.662. The standard InChI is InChI=1S/C24H28N2O5S/c1-14(2)12-24(22(30)31)13-17(21(28)29)18(19-25-10-11-32-19)26(24)20(27)15-6-8-16(9-7-15)23(3,4)5/h6-11,13-14,18H,12H2,1-5H3,(H,28,29)(H,30,31)/t18-,24+/m1/s1. The minimum Gasteiger partial charge on any atom is -0.479 e. The largest absolute Gasteiger partial charge is 0.479 e. The summed E-state index contributed by atoms with van der Waals surface area (Å²) in [5, 5.41) is 22.2. The minimum atomic E-state index is -1.79. The van der Waals surface area contributed by atoms with E-state index in [-0.39, 0.29) is 23.3 Å². The molecule has 1 aliphatic rings. The molecule has 0 fully saturated rings. The van der Waals surface area contributed by atoms with Crippen molar-refractivity contribution >= 4 is 29.2 Å². The minimum absolute atomic E-state index is 0.0762. The number of aliphatic carboxylic acids is 2. The van der Waals surface area contributed by atoms with Gasteiger partial charge in [0.25, 0.3) is 5.91 Å². The highest BCUT2D eigenvalue weighted by atomic mass is 32.1. The van der Waals surface area contributed by atoms with Crippen LogP contribution in [0.25, 0.3) is 0 Å². The van der Waals surface area contributed by atoms with Crippen LogP contribution in [0.15, 0.2) is 47.5 Å². The SMILES string of the molecule is CC(C)C[C@@]1(C(=O)O)C=C(C(=O)O)[C@H](c2nccs2)N1C(=O)c1ccc(C(C)(C)C)cc1. The van der Waals surface area contributed by atoms with Crippen LogP contribution in [-0.2, 0) is 15.0 Å². The third kappa shape index (κ3) is 4.19. The van der Waals surface area contributed by atoms with Crippen LogP contribution in [0.1, 0.15) is 68.0 Å². The number of benzene rings is 1. The van der Waals surface area contributed by atoms with Crippen LogP contribution in [0, 0.1) is 5.92 Å². The number of hydrogen-bond donors (Lipinski definition) is 2. The van der Waals surface area contributed by atoms with Crippen molar-refractivity contribution in [2.75, 3.05) is 0 Å². The van der Waals surface area contributed by atoms with Gasteiger partial charge in [0, 0.05) is 17.1 Å². The van der Waals surface area contributed by atoms with E-state index in [1.165, 1.54) is 28.5 Å². The van der Waals surface area contributed by atoms with E-state index in [4.69, 9.17) is 0 Å². The summed E-state index contributed by atoms with van der Waals surface area (Å²) in [4.78, 5) is 44.0. The van der Waals surface area contributed by atoms with Gasteiger partial charge in [0.15, 0.2) is 5.54 Å². The molecular formula is C24H28N2O5S. The molecule has 2 heterocycles. The number of rotatable bonds is 6. The van der Waals surface area contributed by atoms with E-state index in [1.54, 1.807) is 17.5 Å². The first-order valence-electron chi connectivity index (χ1n) is 10.4. The molecule has 170 valence electrons. The van der Waals surface area contributed by atoms with Crippen molar-refractivity contribution in [3.05, 3.63) is 63.6 Å². The van der Waals surface area contributed by atoms with E-state index in [1.807, 2.05) is 26.0 Å². The van der Waals surface area contributed by atoms with Crippen molar-refractivity contribution in [3.63, 3.8) is 0 Å². The van der Waals surface area contributed by atoms with Crippen LogP contribution >= 0.6 is 11.3 Å². The summed E-state index contributed by atoms with van der Waals surface area (Å²) >= 11 is 1.19. The predicted octanol–water partition coefficient (Wildman–Crippen LogP) is 4.52. The van der Waals surface area contributed by atoms with Crippen LogP contribution in [0.2, 0.25) is 0 Å². The van der Waals surface area contributed by atoms with Crippen molar-refractivity contribution in [1.82, 2.24) is 9.88 Å². The van der Waals surface area contributed by atoms with Crippen LogP contribution < -0.4 is 0 Å². The molecule has 0 unspecified atom stereocenters. The Bertz CT molecular complexity index is 1050. The van der Waals surface area contributed by atoms with Crippen LogP contribution in [0.5, 0.6) is 0 Å². The molecule has 1 aromatic carbocycles. The molecule has 3 rings (SSSR count). The lowest BCUT2D eigenvalue weighted by Crippen LogP contribution is -2.54. The Labute approximate surface area is 191 Å². The highest BCUT2D eigenvalue weighted by molar-refractivity contribution is 7.09. The van der Waals surface area contributed by atoms with Crippen molar-refractivity contribution in [2.24, 2.45) is 5.92 Å². The molecule has 32 heavy (non-hydrogen) atoms. The van der Waals surface area contributed by atoms with Gasteiger partial charge in [-0.25, -0.2) is 14.6 Å². The molecule has 0 aliphatic carbocycles. The Morgan fingerprint density at radius 1 is 1.16 bits per heavy atom. The van der Waals surface area contributed by atoms with E-state index in [2.05, 4.69) is 25.8 Å². The second kappa shape index (κ2) is 8.50. The predicted molar refractivity (Wildman–Crippen MR) is 122 cm³/mol. The zero-order valence-corrected chi connectivity index (χ0v) is 19.6. The second-order valence-electron chi connectivity index (χ2n) is 9.51. The van der Waals surface area contributed by atoms with E-state index < -0.39 is 29.4 Å². The van der Waals surface area contributed by atoms with Crippen molar-refractivity contribution in [3.8, 4) is 0 Å². The first-order chi connectivity index (χ1) is 14.9. The fraction of sp³-hybridized carbons (Fsp3) is 0.417. The first kappa shape index (κ1) is 23.7. The van der Waals surface area contributed by atoms with Gasteiger partial charge in [0.05, 0.1) is 5.57 Å². The van der Waals surface area contributed by atoms with Gasteiger partial charge in [-0.3, -0.25) is 4.79 Å². The first-order valence-corrected chi connectivity index (χ1v) is 11.3. The van der Waals surface area contributed by atoms with Gasteiger partial charge in [0.1, 0.15) is 11.0 Å². The molecule has 0 spiro atoms. The molecule has 0 saturated heterocycles. The van der Waals surface area contributed by atoms with E-state index in [9.17, 15) is 24.6 Å². The summed E-state index contributed by atoms with van der Waals surface area (Å²) in [5.74, 6) is -3.17. The van der Waals surface area contributed by atoms with Gasteiger partial charge < -0.3 is 15.1 Å². The fourth-order valence-corrected chi connectivity index (χ4v) is 4.89. The maximum absolute atomic E-state index is 13.8. The van der Waals surface area contributed by atoms with Crippen molar-refractivity contribution in [2.45, 2.75) is 58.0 Å². The topological polar surface area (TPSA) is 108 Å². The lowest BCUT2D eigenvalue weighted by atomic mass is 9.86. The molecule has 2 N–H and O–H groups in total. The maximum atomic E-state index is 13.8. The average Bonchev–Trinajstić information content (AvgIpc) is 3.33.